The van der Waals surface area contributed by atoms with Crippen molar-refractivity contribution in [2.45, 2.75) is 32.2 Å². The van der Waals surface area contributed by atoms with Crippen LogP contribution in [-0.2, 0) is 11.2 Å². The average molecular weight is 327 g/mol. The van der Waals surface area contributed by atoms with Gasteiger partial charge in [-0.1, -0.05) is 12.1 Å². The lowest BCUT2D eigenvalue weighted by molar-refractivity contribution is 0.0977. The molecule has 1 saturated heterocycles. The zero-order valence-electron chi connectivity index (χ0n) is 13.7. The van der Waals surface area contributed by atoms with Gasteiger partial charge in [0, 0.05) is 19.1 Å². The van der Waals surface area contributed by atoms with Crippen LogP contribution < -0.4 is 5.43 Å². The summed E-state index contributed by atoms with van der Waals surface area (Å²) in [7, 11) is 0. The van der Waals surface area contributed by atoms with Gasteiger partial charge in [0.05, 0.1) is 30.1 Å². The summed E-state index contributed by atoms with van der Waals surface area (Å²) in [5.74, 6) is 0.714. The second-order valence-corrected chi connectivity index (χ2v) is 5.78. The number of nitrogens with one attached hydrogen (secondary N) is 1. The van der Waals surface area contributed by atoms with Crippen molar-refractivity contribution >= 4 is 17.1 Å². The van der Waals surface area contributed by atoms with Crippen molar-refractivity contribution in [3.8, 4) is 6.07 Å². The van der Waals surface area contributed by atoms with E-state index in [1.807, 2.05) is 35.9 Å². The number of fused-ring (bicyclic) bond motifs is 1. The molecule has 0 aliphatic carbocycles. The number of nitriles is 1. The van der Waals surface area contributed by atoms with Gasteiger partial charge in [-0.2, -0.15) is 5.26 Å². The van der Waals surface area contributed by atoms with Gasteiger partial charge in [0.2, 0.25) is 0 Å². The Balaban J connectivity index is 1.71. The van der Waals surface area contributed by atoms with Crippen LogP contribution in [0, 0.1) is 11.3 Å². The molecule has 0 unspecified atom stereocenters. The van der Waals surface area contributed by atoms with Crippen LogP contribution in [0.2, 0.25) is 0 Å². The van der Waals surface area contributed by atoms with Gasteiger partial charge in [0.15, 0.2) is 0 Å². The summed E-state index contributed by atoms with van der Waals surface area (Å²) in [6.07, 6.45) is 1.67. The minimum atomic E-state index is -0.241. The largest absolute Gasteiger partial charge is 0.450 e. The number of hydrogen-bond donors (Lipinski definition) is 1. The van der Waals surface area contributed by atoms with E-state index >= 15 is 0 Å². The van der Waals surface area contributed by atoms with Crippen molar-refractivity contribution in [3.05, 3.63) is 30.1 Å². The highest BCUT2D eigenvalue weighted by Gasteiger charge is 2.24. The molecule has 24 heavy (non-hydrogen) atoms. The van der Waals surface area contributed by atoms with E-state index in [4.69, 9.17) is 10.00 Å². The van der Waals surface area contributed by atoms with Crippen LogP contribution >= 0.6 is 0 Å². The van der Waals surface area contributed by atoms with E-state index in [0.29, 0.717) is 25.5 Å². The summed E-state index contributed by atoms with van der Waals surface area (Å²) in [6, 6.07) is 10.2. The molecule has 1 fully saturated rings. The molecule has 7 nitrogen and oxygen atoms in total. The minimum absolute atomic E-state index is 0.228. The topological polar surface area (TPSA) is 83.2 Å². The van der Waals surface area contributed by atoms with Crippen LogP contribution in [0.25, 0.3) is 11.0 Å². The minimum Gasteiger partial charge on any atom is -0.450 e. The molecule has 1 aromatic heterocycles. The van der Waals surface area contributed by atoms with Crippen molar-refractivity contribution in [1.82, 2.24) is 14.6 Å². The Kier molecular flexibility index (Phi) is 4.85. The fourth-order valence-corrected chi connectivity index (χ4v) is 3.00. The number of hydrogen-bond acceptors (Lipinski definition) is 5. The Labute approximate surface area is 140 Å². The van der Waals surface area contributed by atoms with Crippen molar-refractivity contribution < 1.29 is 9.53 Å². The van der Waals surface area contributed by atoms with Crippen LogP contribution in [0.15, 0.2) is 24.3 Å². The zero-order valence-corrected chi connectivity index (χ0v) is 13.7. The van der Waals surface area contributed by atoms with E-state index in [1.54, 1.807) is 4.90 Å². The molecular weight excluding hydrogens is 306 g/mol. The predicted molar refractivity (Wildman–Crippen MR) is 90.0 cm³/mol. The van der Waals surface area contributed by atoms with Gasteiger partial charge in [-0.25, -0.2) is 14.5 Å². The molecule has 1 aliphatic heterocycles. The first-order chi connectivity index (χ1) is 11.7. The number of benzene rings is 1. The molecule has 7 heteroatoms. The van der Waals surface area contributed by atoms with E-state index in [2.05, 4.69) is 16.5 Å². The second-order valence-electron chi connectivity index (χ2n) is 5.78. The maximum atomic E-state index is 11.8. The quantitative estimate of drug-likeness (QED) is 0.931. The van der Waals surface area contributed by atoms with Gasteiger partial charge >= 0.3 is 6.09 Å². The highest BCUT2D eigenvalue weighted by atomic mass is 16.6. The molecule has 0 radical (unpaired) electrons. The summed E-state index contributed by atoms with van der Waals surface area (Å²) in [5, 5.41) is 9.03. The van der Waals surface area contributed by atoms with Crippen molar-refractivity contribution in [2.24, 2.45) is 0 Å². The molecule has 2 heterocycles. The van der Waals surface area contributed by atoms with Crippen molar-refractivity contribution in [3.63, 3.8) is 0 Å². The molecule has 2 aromatic rings. The van der Waals surface area contributed by atoms with Gasteiger partial charge in [0.1, 0.15) is 5.82 Å². The summed E-state index contributed by atoms with van der Waals surface area (Å²) < 4.78 is 6.97. The molecular formula is C17H21N5O2. The molecule has 0 saturated carbocycles. The van der Waals surface area contributed by atoms with E-state index in [-0.39, 0.29) is 18.6 Å². The number of imidazole rings is 1. The molecule has 1 N–H and O–H groups in total. The SMILES string of the molecule is CCOC(=O)N1CCC(Nn2c(CC#N)nc3ccccc32)CC1. The highest BCUT2D eigenvalue weighted by molar-refractivity contribution is 5.76. The number of amides is 1. The van der Waals surface area contributed by atoms with Gasteiger partial charge in [0.25, 0.3) is 0 Å². The highest BCUT2D eigenvalue weighted by Crippen LogP contribution is 2.18. The molecule has 1 aliphatic rings. The first-order valence-corrected chi connectivity index (χ1v) is 8.24. The summed E-state index contributed by atoms with van der Waals surface area (Å²) in [4.78, 5) is 18.0. The maximum Gasteiger partial charge on any atom is 0.409 e. The van der Waals surface area contributed by atoms with Crippen LogP contribution in [-0.4, -0.2) is 46.4 Å². The third-order valence-corrected chi connectivity index (χ3v) is 4.20. The summed E-state index contributed by atoms with van der Waals surface area (Å²) in [6.45, 7) is 3.54. The molecule has 0 spiro atoms. The Morgan fingerprint density at radius 1 is 1.42 bits per heavy atom. The number of carbonyl (C=O) groups is 1. The third-order valence-electron chi connectivity index (χ3n) is 4.20. The number of para-hydroxylation sites is 2. The van der Waals surface area contributed by atoms with E-state index in [9.17, 15) is 4.79 Å². The number of rotatable bonds is 4. The summed E-state index contributed by atoms with van der Waals surface area (Å²) >= 11 is 0. The van der Waals surface area contributed by atoms with Crippen molar-refractivity contribution in [2.75, 3.05) is 25.1 Å². The molecule has 3 rings (SSSR count). The lowest BCUT2D eigenvalue weighted by Gasteiger charge is -2.32. The predicted octanol–water partition coefficient (Wildman–Crippen LogP) is 2.27. The number of piperidine rings is 1. The number of aromatic nitrogens is 2. The molecule has 1 aromatic carbocycles. The number of nitrogens with zero attached hydrogens (tertiary/aromatic N) is 4. The van der Waals surface area contributed by atoms with Gasteiger partial charge in [-0.05, 0) is 31.9 Å². The Bertz CT molecular complexity index is 756. The molecule has 0 bridgehead atoms. The van der Waals surface area contributed by atoms with Crippen LogP contribution in [0.4, 0.5) is 4.79 Å². The van der Waals surface area contributed by atoms with Gasteiger partial charge in [-0.15, -0.1) is 0 Å². The van der Waals surface area contributed by atoms with E-state index in [1.165, 1.54) is 0 Å². The lowest BCUT2D eigenvalue weighted by atomic mass is 10.1. The standard InChI is InChI=1S/C17H21N5O2/c1-2-24-17(23)21-11-8-13(9-12-21)20-22-15-6-4-3-5-14(15)19-16(22)7-10-18/h3-6,13,20H,2,7-9,11-12H2,1H3. The molecule has 126 valence electrons. The monoisotopic (exact) mass is 327 g/mol. The lowest BCUT2D eigenvalue weighted by Crippen LogP contribution is -2.44. The smallest absolute Gasteiger partial charge is 0.409 e. The Morgan fingerprint density at radius 2 is 2.17 bits per heavy atom. The molecule has 1 amide bonds. The van der Waals surface area contributed by atoms with Gasteiger partial charge < -0.3 is 15.1 Å². The van der Waals surface area contributed by atoms with Crippen LogP contribution in [0.3, 0.4) is 0 Å². The van der Waals surface area contributed by atoms with E-state index < -0.39 is 0 Å². The van der Waals surface area contributed by atoms with Gasteiger partial charge in [-0.3, -0.25) is 0 Å². The third kappa shape index (κ3) is 3.27. The first kappa shape index (κ1) is 16.1. The maximum absolute atomic E-state index is 11.8. The zero-order chi connectivity index (χ0) is 16.9. The number of ether oxygens (including phenoxy) is 1. The van der Waals surface area contributed by atoms with Crippen LogP contribution in [0.5, 0.6) is 0 Å². The van der Waals surface area contributed by atoms with Crippen LogP contribution in [0.1, 0.15) is 25.6 Å². The number of carbonyl (C=O) groups excluding carboxylic acids is 1. The fraction of sp³-hybridized carbons (Fsp3) is 0.471. The number of likely N-dealkylation sites (tertiary alicyclic amines) is 1. The Morgan fingerprint density at radius 3 is 2.88 bits per heavy atom. The normalized spacial score (nSPS) is 15.2. The Hall–Kier alpha value is -2.75. The summed E-state index contributed by atoms with van der Waals surface area (Å²) in [5.41, 5.74) is 5.32. The fourth-order valence-electron chi connectivity index (χ4n) is 3.00. The molecule has 0 atom stereocenters. The first-order valence-electron chi connectivity index (χ1n) is 8.24. The van der Waals surface area contributed by atoms with E-state index in [0.717, 1.165) is 23.9 Å². The van der Waals surface area contributed by atoms with Crippen molar-refractivity contribution in [1.29, 1.82) is 5.26 Å². The average Bonchev–Trinajstić information content (AvgIpc) is 2.94. The second kappa shape index (κ2) is 7.21.